The smallest absolute Gasteiger partial charge is 0.326 e. The lowest BCUT2D eigenvalue weighted by atomic mass is 10.2. The monoisotopic (exact) mass is 242 g/mol. The molecule has 1 aliphatic carbocycles. The van der Waals surface area contributed by atoms with Crippen molar-refractivity contribution in [2.75, 3.05) is 13.1 Å². The predicted molar refractivity (Wildman–Crippen MR) is 59.5 cm³/mol. The topological polar surface area (TPSA) is 89.9 Å². The molecule has 3 N–H and O–H groups in total. The van der Waals surface area contributed by atoms with E-state index in [0.29, 0.717) is 6.54 Å². The maximum Gasteiger partial charge on any atom is 0.326 e. The number of carboxylic acids is 1. The lowest BCUT2D eigenvalue weighted by molar-refractivity contribution is -0.141. The van der Waals surface area contributed by atoms with E-state index in [1.807, 2.05) is 0 Å². The summed E-state index contributed by atoms with van der Waals surface area (Å²) in [6.07, 6.45) is 2.81. The molecule has 0 unspecified atom stereocenters. The molecule has 6 heteroatoms. The van der Waals surface area contributed by atoms with Gasteiger partial charge in [0.15, 0.2) is 0 Å². The minimum absolute atomic E-state index is 0.103. The molecule has 0 aromatic heterocycles. The van der Waals surface area contributed by atoms with Gasteiger partial charge in [-0.3, -0.25) is 0 Å². The average Bonchev–Trinajstić information content (AvgIpc) is 2.99. The largest absolute Gasteiger partial charge is 0.480 e. The molecule has 1 aliphatic heterocycles. The first kappa shape index (κ1) is 12.2. The molecule has 0 radical (unpaired) electrons. The molecule has 1 saturated carbocycles. The van der Waals surface area contributed by atoms with E-state index in [2.05, 4.69) is 5.32 Å². The third-order valence-electron chi connectivity index (χ3n) is 3.35. The van der Waals surface area contributed by atoms with Crippen LogP contribution in [0.15, 0.2) is 0 Å². The van der Waals surface area contributed by atoms with E-state index in [1.54, 1.807) is 0 Å². The van der Waals surface area contributed by atoms with Gasteiger partial charge in [-0.1, -0.05) is 12.8 Å². The Morgan fingerprint density at radius 3 is 2.65 bits per heavy atom. The first-order chi connectivity index (χ1) is 8.08. The van der Waals surface area contributed by atoms with Gasteiger partial charge in [0.05, 0.1) is 6.10 Å². The van der Waals surface area contributed by atoms with Gasteiger partial charge in [-0.25, -0.2) is 9.59 Å². The lowest BCUT2D eigenvalue weighted by Gasteiger charge is -2.21. The fourth-order valence-electron chi connectivity index (χ4n) is 2.16. The van der Waals surface area contributed by atoms with Crippen molar-refractivity contribution in [3.05, 3.63) is 0 Å². The Morgan fingerprint density at radius 2 is 2.06 bits per heavy atom. The SMILES string of the molecule is O=C(O)[C@@H]1C[C@H](O)CN1C(=O)NCCC1CC1. The van der Waals surface area contributed by atoms with Gasteiger partial charge in [0.1, 0.15) is 6.04 Å². The first-order valence-corrected chi connectivity index (χ1v) is 6.03. The van der Waals surface area contributed by atoms with Gasteiger partial charge >= 0.3 is 12.0 Å². The molecule has 0 bridgehead atoms. The Bertz CT molecular complexity index is 317. The summed E-state index contributed by atoms with van der Waals surface area (Å²) < 4.78 is 0. The molecule has 6 nitrogen and oxygen atoms in total. The fourth-order valence-corrected chi connectivity index (χ4v) is 2.16. The molecule has 1 saturated heterocycles. The molecule has 2 rings (SSSR count). The van der Waals surface area contributed by atoms with Crippen LogP contribution in [0.25, 0.3) is 0 Å². The van der Waals surface area contributed by atoms with Gasteiger partial charge < -0.3 is 20.4 Å². The normalized spacial score (nSPS) is 28.2. The zero-order valence-electron chi connectivity index (χ0n) is 9.63. The van der Waals surface area contributed by atoms with Crippen molar-refractivity contribution in [1.82, 2.24) is 10.2 Å². The Kier molecular flexibility index (Phi) is 3.51. The van der Waals surface area contributed by atoms with E-state index in [4.69, 9.17) is 5.11 Å². The minimum Gasteiger partial charge on any atom is -0.480 e. The first-order valence-electron chi connectivity index (χ1n) is 6.03. The molecule has 17 heavy (non-hydrogen) atoms. The van der Waals surface area contributed by atoms with Crippen molar-refractivity contribution in [3.63, 3.8) is 0 Å². The van der Waals surface area contributed by atoms with Gasteiger partial charge in [0, 0.05) is 19.5 Å². The zero-order chi connectivity index (χ0) is 12.4. The number of hydrogen-bond acceptors (Lipinski definition) is 3. The summed E-state index contributed by atoms with van der Waals surface area (Å²) in [4.78, 5) is 23.9. The molecular formula is C11H18N2O4. The molecular weight excluding hydrogens is 224 g/mol. The molecule has 96 valence electrons. The molecule has 2 fully saturated rings. The summed E-state index contributed by atoms with van der Waals surface area (Å²) in [6.45, 7) is 0.689. The van der Waals surface area contributed by atoms with Crippen molar-refractivity contribution < 1.29 is 19.8 Å². The van der Waals surface area contributed by atoms with Crippen LogP contribution < -0.4 is 5.32 Å². The number of likely N-dealkylation sites (tertiary alicyclic amines) is 1. The molecule has 2 amide bonds. The average molecular weight is 242 g/mol. The number of rotatable bonds is 4. The number of amides is 2. The molecule has 0 aromatic carbocycles. The van der Waals surface area contributed by atoms with Gasteiger partial charge in [0.25, 0.3) is 0 Å². The number of nitrogens with zero attached hydrogens (tertiary/aromatic N) is 1. The summed E-state index contributed by atoms with van der Waals surface area (Å²) in [5.74, 6) is -0.325. The number of carbonyl (C=O) groups excluding carboxylic acids is 1. The van der Waals surface area contributed by atoms with E-state index in [9.17, 15) is 14.7 Å². The number of hydrogen-bond donors (Lipinski definition) is 3. The van der Waals surface area contributed by atoms with E-state index < -0.39 is 18.1 Å². The van der Waals surface area contributed by atoms with Crippen LogP contribution >= 0.6 is 0 Å². The van der Waals surface area contributed by atoms with Crippen LogP contribution in [0.2, 0.25) is 0 Å². The number of carbonyl (C=O) groups is 2. The van der Waals surface area contributed by atoms with Gasteiger partial charge in [0.2, 0.25) is 0 Å². The number of aliphatic hydroxyl groups excluding tert-OH is 1. The van der Waals surface area contributed by atoms with Crippen LogP contribution in [0.5, 0.6) is 0 Å². The van der Waals surface area contributed by atoms with Crippen LogP contribution in [0.1, 0.15) is 25.7 Å². The van der Waals surface area contributed by atoms with Gasteiger partial charge in [-0.05, 0) is 12.3 Å². The molecule has 0 aromatic rings. The second kappa shape index (κ2) is 4.91. The van der Waals surface area contributed by atoms with E-state index in [-0.39, 0.29) is 19.0 Å². The second-order valence-electron chi connectivity index (χ2n) is 4.86. The predicted octanol–water partition coefficient (Wildman–Crippen LogP) is 0.0159. The highest BCUT2D eigenvalue weighted by atomic mass is 16.4. The number of aliphatic hydroxyl groups is 1. The summed E-state index contributed by atoms with van der Waals surface area (Å²) in [6, 6.07) is -1.28. The summed E-state index contributed by atoms with van der Waals surface area (Å²) in [5, 5.41) is 21.1. The lowest BCUT2D eigenvalue weighted by Crippen LogP contribution is -2.46. The van der Waals surface area contributed by atoms with Crippen LogP contribution in [0.4, 0.5) is 4.79 Å². The Hall–Kier alpha value is -1.30. The van der Waals surface area contributed by atoms with Crippen molar-refractivity contribution in [2.45, 2.75) is 37.8 Å². The second-order valence-corrected chi connectivity index (χ2v) is 4.86. The highest BCUT2D eigenvalue weighted by Crippen LogP contribution is 2.31. The van der Waals surface area contributed by atoms with Crippen molar-refractivity contribution >= 4 is 12.0 Å². The molecule has 2 aliphatic rings. The summed E-state index contributed by atoms with van der Waals surface area (Å²) in [5.41, 5.74) is 0. The molecule has 1 heterocycles. The Labute approximate surface area is 99.6 Å². The number of urea groups is 1. The summed E-state index contributed by atoms with van der Waals surface area (Å²) >= 11 is 0. The van der Waals surface area contributed by atoms with Crippen LogP contribution in [-0.2, 0) is 4.79 Å². The van der Waals surface area contributed by atoms with E-state index in [0.717, 1.165) is 12.3 Å². The van der Waals surface area contributed by atoms with E-state index in [1.165, 1.54) is 17.7 Å². The van der Waals surface area contributed by atoms with Gasteiger partial charge in [-0.15, -0.1) is 0 Å². The minimum atomic E-state index is -1.06. The van der Waals surface area contributed by atoms with Crippen molar-refractivity contribution in [3.8, 4) is 0 Å². The maximum absolute atomic E-state index is 11.7. The standard InChI is InChI=1S/C11H18N2O4/c14-8-5-9(10(15)16)13(6-8)11(17)12-4-3-7-1-2-7/h7-9,14H,1-6H2,(H,12,17)(H,15,16)/t8-,9-/m0/s1. The third-order valence-corrected chi connectivity index (χ3v) is 3.35. The van der Waals surface area contributed by atoms with E-state index >= 15 is 0 Å². The maximum atomic E-state index is 11.7. The van der Waals surface area contributed by atoms with Crippen molar-refractivity contribution in [2.24, 2.45) is 5.92 Å². The Morgan fingerprint density at radius 1 is 1.35 bits per heavy atom. The highest BCUT2D eigenvalue weighted by molar-refractivity contribution is 5.83. The number of β-amino-alcohol motifs (C(OH)–C–C–N with tert-alkyl or cyclic N) is 1. The third kappa shape index (κ3) is 3.09. The number of nitrogens with one attached hydrogen (secondary N) is 1. The van der Waals surface area contributed by atoms with Crippen molar-refractivity contribution in [1.29, 1.82) is 0 Å². The zero-order valence-corrected chi connectivity index (χ0v) is 9.63. The number of aliphatic carboxylic acids is 1. The fraction of sp³-hybridized carbons (Fsp3) is 0.818. The quantitative estimate of drug-likeness (QED) is 0.648. The molecule has 2 atom stereocenters. The molecule has 0 spiro atoms. The Balaban J connectivity index is 1.81. The van der Waals surface area contributed by atoms with Crippen LogP contribution in [0.3, 0.4) is 0 Å². The summed E-state index contributed by atoms with van der Waals surface area (Å²) in [7, 11) is 0. The van der Waals surface area contributed by atoms with Gasteiger partial charge in [-0.2, -0.15) is 0 Å². The highest BCUT2D eigenvalue weighted by Gasteiger charge is 2.38. The number of carboxylic acid groups (broad SMARTS) is 1. The van der Waals surface area contributed by atoms with Crippen LogP contribution in [0, 0.1) is 5.92 Å². The van der Waals surface area contributed by atoms with Crippen LogP contribution in [-0.4, -0.2) is 52.3 Å².